The molecule has 1 saturated carbocycles. The fourth-order valence-corrected chi connectivity index (χ4v) is 4.07. The number of fused-ring (bicyclic) bond motifs is 1. The predicted molar refractivity (Wildman–Crippen MR) is 100 cm³/mol. The van der Waals surface area contributed by atoms with Crippen LogP contribution in [0.4, 0.5) is 37.7 Å². The molecule has 4 rings (SSSR count). The van der Waals surface area contributed by atoms with Crippen molar-refractivity contribution in [2.75, 3.05) is 16.8 Å². The lowest BCUT2D eigenvalue weighted by Crippen LogP contribution is -2.37. The van der Waals surface area contributed by atoms with E-state index in [0.717, 1.165) is 6.07 Å². The summed E-state index contributed by atoms with van der Waals surface area (Å²) < 4.78 is 80.5. The quantitative estimate of drug-likeness (QED) is 0.691. The summed E-state index contributed by atoms with van der Waals surface area (Å²) in [6.45, 7) is 2.28. The zero-order valence-electron chi connectivity index (χ0n) is 16.6. The van der Waals surface area contributed by atoms with Crippen molar-refractivity contribution >= 4 is 17.3 Å². The van der Waals surface area contributed by atoms with Crippen molar-refractivity contribution in [3.63, 3.8) is 0 Å². The van der Waals surface area contributed by atoms with Gasteiger partial charge in [-0.2, -0.15) is 18.3 Å². The maximum absolute atomic E-state index is 14.7. The molecule has 5 nitrogen and oxygen atoms in total. The minimum atomic E-state index is -4.53. The topological polar surface area (TPSA) is 50.2 Å². The molecule has 1 N–H and O–H groups in total. The molecule has 168 valence electrons. The van der Waals surface area contributed by atoms with E-state index in [1.807, 2.05) is 0 Å². The number of hydrogen-bond donors (Lipinski definition) is 1. The smallest absolute Gasteiger partial charge is 0.364 e. The molecule has 0 unspecified atom stereocenters. The third-order valence-corrected chi connectivity index (χ3v) is 5.64. The standard InChI is InChI=1S/C20H20F6N4O/c1-11-4-13(29-2-3-30-14(10-29)7-16(28-30)20(24,25)26)6-15(21)18(11)27-17(31)5-12-8-19(22,23)9-12/h4,6-7,12H,2-3,5,8-10H2,1H3,(H,27,31). The van der Waals surface area contributed by atoms with Gasteiger partial charge in [-0.15, -0.1) is 0 Å². The third-order valence-electron chi connectivity index (χ3n) is 5.64. The lowest BCUT2D eigenvalue weighted by Gasteiger charge is -2.34. The van der Waals surface area contributed by atoms with Gasteiger partial charge in [0.15, 0.2) is 5.69 Å². The molecule has 1 aromatic carbocycles. The van der Waals surface area contributed by atoms with Crippen molar-refractivity contribution < 1.29 is 31.1 Å². The number of alkyl halides is 5. The van der Waals surface area contributed by atoms with Crippen LogP contribution in [0.5, 0.6) is 0 Å². The van der Waals surface area contributed by atoms with E-state index in [1.165, 1.54) is 10.7 Å². The molecule has 1 aliphatic heterocycles. The zero-order chi connectivity index (χ0) is 22.6. The van der Waals surface area contributed by atoms with Gasteiger partial charge in [0.25, 0.3) is 0 Å². The first kappa shape index (κ1) is 21.5. The van der Waals surface area contributed by atoms with Crippen LogP contribution in [-0.2, 0) is 24.1 Å². The Labute approximate surface area is 174 Å². The Balaban J connectivity index is 1.45. The van der Waals surface area contributed by atoms with Crippen LogP contribution < -0.4 is 10.2 Å². The highest BCUT2D eigenvalue weighted by atomic mass is 19.4. The molecule has 1 aromatic heterocycles. The van der Waals surface area contributed by atoms with E-state index < -0.39 is 35.4 Å². The molecule has 0 atom stereocenters. The van der Waals surface area contributed by atoms with Crippen LogP contribution >= 0.6 is 0 Å². The summed E-state index contributed by atoms with van der Waals surface area (Å²) in [4.78, 5) is 13.8. The van der Waals surface area contributed by atoms with Crippen LogP contribution in [0.15, 0.2) is 18.2 Å². The second-order valence-corrected chi connectivity index (χ2v) is 8.17. The molecule has 2 heterocycles. The monoisotopic (exact) mass is 446 g/mol. The van der Waals surface area contributed by atoms with E-state index in [2.05, 4.69) is 10.4 Å². The number of rotatable bonds is 4. The molecular formula is C20H20F6N4O. The fraction of sp³-hybridized carbons (Fsp3) is 0.500. The van der Waals surface area contributed by atoms with Crippen molar-refractivity contribution in [2.45, 2.75) is 51.4 Å². The minimum absolute atomic E-state index is 0.0266. The Kier molecular flexibility index (Phi) is 5.17. The second kappa shape index (κ2) is 7.45. The molecule has 31 heavy (non-hydrogen) atoms. The number of aromatic nitrogens is 2. The summed E-state index contributed by atoms with van der Waals surface area (Å²) in [5.41, 5.74) is 0.270. The molecular weight excluding hydrogens is 426 g/mol. The van der Waals surface area contributed by atoms with Gasteiger partial charge in [-0.05, 0) is 36.6 Å². The average Bonchev–Trinajstić information content (AvgIpc) is 3.06. The van der Waals surface area contributed by atoms with Gasteiger partial charge < -0.3 is 10.2 Å². The van der Waals surface area contributed by atoms with Gasteiger partial charge in [-0.25, -0.2) is 13.2 Å². The highest BCUT2D eigenvalue weighted by Gasteiger charge is 2.45. The highest BCUT2D eigenvalue weighted by Crippen LogP contribution is 2.44. The molecule has 0 radical (unpaired) electrons. The van der Waals surface area contributed by atoms with Crippen LogP contribution in [0.2, 0.25) is 0 Å². The molecule has 0 saturated heterocycles. The van der Waals surface area contributed by atoms with Crippen LogP contribution in [-0.4, -0.2) is 28.2 Å². The molecule has 1 amide bonds. The van der Waals surface area contributed by atoms with Gasteiger partial charge in [0.05, 0.1) is 24.5 Å². The highest BCUT2D eigenvalue weighted by molar-refractivity contribution is 5.92. The Morgan fingerprint density at radius 1 is 1.23 bits per heavy atom. The lowest BCUT2D eigenvalue weighted by molar-refractivity contribution is -0.141. The van der Waals surface area contributed by atoms with Gasteiger partial charge in [-0.1, -0.05) is 0 Å². The van der Waals surface area contributed by atoms with Crippen LogP contribution in [0.25, 0.3) is 0 Å². The van der Waals surface area contributed by atoms with Gasteiger partial charge in [0.2, 0.25) is 11.8 Å². The van der Waals surface area contributed by atoms with Gasteiger partial charge in [0.1, 0.15) is 5.82 Å². The van der Waals surface area contributed by atoms with Crippen LogP contribution in [0.3, 0.4) is 0 Å². The predicted octanol–water partition coefficient (Wildman–Crippen LogP) is 4.74. The first-order valence-electron chi connectivity index (χ1n) is 9.78. The first-order chi connectivity index (χ1) is 14.4. The van der Waals surface area contributed by atoms with Gasteiger partial charge in [0, 0.05) is 31.5 Å². The molecule has 2 aromatic rings. The summed E-state index contributed by atoms with van der Waals surface area (Å²) in [5, 5.41) is 6.03. The second-order valence-electron chi connectivity index (χ2n) is 8.17. The summed E-state index contributed by atoms with van der Waals surface area (Å²) >= 11 is 0. The van der Waals surface area contributed by atoms with Crippen LogP contribution in [0.1, 0.15) is 36.2 Å². The van der Waals surface area contributed by atoms with Crippen molar-refractivity contribution in [1.82, 2.24) is 9.78 Å². The van der Waals surface area contributed by atoms with Gasteiger partial charge in [-0.3, -0.25) is 9.48 Å². The molecule has 1 aliphatic carbocycles. The Hall–Kier alpha value is -2.72. The number of anilines is 2. The van der Waals surface area contributed by atoms with E-state index in [0.29, 0.717) is 23.5 Å². The number of carbonyl (C=O) groups excluding carboxylic acids is 1. The molecule has 2 aliphatic rings. The number of aryl methyl sites for hydroxylation is 1. The van der Waals surface area contributed by atoms with E-state index >= 15 is 0 Å². The Bertz CT molecular complexity index is 985. The number of benzene rings is 1. The Morgan fingerprint density at radius 3 is 2.55 bits per heavy atom. The van der Waals surface area contributed by atoms with E-state index in [-0.39, 0.29) is 38.0 Å². The fourth-order valence-electron chi connectivity index (χ4n) is 4.07. The van der Waals surface area contributed by atoms with Crippen molar-refractivity contribution in [3.05, 3.63) is 41.0 Å². The third kappa shape index (κ3) is 4.49. The van der Waals surface area contributed by atoms with Crippen molar-refractivity contribution in [3.8, 4) is 0 Å². The largest absolute Gasteiger partial charge is 0.435 e. The van der Waals surface area contributed by atoms with Crippen molar-refractivity contribution in [1.29, 1.82) is 0 Å². The number of nitrogens with one attached hydrogen (secondary N) is 1. The first-order valence-corrected chi connectivity index (χ1v) is 9.78. The number of halogens is 6. The van der Waals surface area contributed by atoms with Crippen LogP contribution in [0, 0.1) is 18.7 Å². The molecule has 0 bridgehead atoms. The average molecular weight is 446 g/mol. The van der Waals surface area contributed by atoms with E-state index in [1.54, 1.807) is 17.9 Å². The minimum Gasteiger partial charge on any atom is -0.364 e. The summed E-state index contributed by atoms with van der Waals surface area (Å²) in [6.07, 6.45) is -5.33. The number of amides is 1. The molecule has 11 heteroatoms. The summed E-state index contributed by atoms with van der Waals surface area (Å²) in [6, 6.07) is 3.82. The maximum Gasteiger partial charge on any atom is 0.435 e. The summed E-state index contributed by atoms with van der Waals surface area (Å²) in [7, 11) is 0. The number of nitrogens with zero attached hydrogens (tertiary/aromatic N) is 3. The Morgan fingerprint density at radius 2 is 1.94 bits per heavy atom. The molecule has 0 spiro atoms. The SMILES string of the molecule is Cc1cc(N2CCn3nc(C(F)(F)F)cc3C2)cc(F)c1NC(=O)CC1CC(F)(F)C1. The number of hydrogen-bond acceptors (Lipinski definition) is 3. The zero-order valence-corrected chi connectivity index (χ0v) is 16.6. The van der Waals surface area contributed by atoms with E-state index in [9.17, 15) is 31.1 Å². The molecule has 1 fully saturated rings. The normalized spacial score (nSPS) is 18.5. The summed E-state index contributed by atoms with van der Waals surface area (Å²) in [5.74, 6) is -4.37. The van der Waals surface area contributed by atoms with Crippen molar-refractivity contribution in [2.24, 2.45) is 5.92 Å². The van der Waals surface area contributed by atoms with Gasteiger partial charge >= 0.3 is 6.18 Å². The van der Waals surface area contributed by atoms with E-state index in [4.69, 9.17) is 0 Å². The maximum atomic E-state index is 14.7. The number of carbonyl (C=O) groups is 1. The lowest BCUT2D eigenvalue weighted by atomic mass is 9.79.